The van der Waals surface area contributed by atoms with Crippen LogP contribution >= 0.6 is 0 Å². The second kappa shape index (κ2) is 4.20. The van der Waals surface area contributed by atoms with Crippen molar-refractivity contribution in [3.8, 4) is 0 Å². The van der Waals surface area contributed by atoms with Gasteiger partial charge in [0.25, 0.3) is 0 Å². The van der Waals surface area contributed by atoms with Gasteiger partial charge in [-0.25, -0.2) is 0 Å². The van der Waals surface area contributed by atoms with E-state index in [2.05, 4.69) is 29.0 Å². The smallest absolute Gasteiger partial charge is 0.212 e. The van der Waals surface area contributed by atoms with Gasteiger partial charge in [-0.2, -0.15) is 4.57 Å². The highest BCUT2D eigenvalue weighted by Crippen LogP contribution is 2.07. The number of aryl methyl sites for hydroxylation is 1. The summed E-state index contributed by atoms with van der Waals surface area (Å²) in [7, 11) is 0. The van der Waals surface area contributed by atoms with E-state index in [1.165, 1.54) is 10.9 Å². The van der Waals surface area contributed by atoms with Crippen LogP contribution in [0.15, 0.2) is 42.6 Å². The Morgan fingerprint density at radius 1 is 1.07 bits per heavy atom. The molecule has 0 spiro atoms. The van der Waals surface area contributed by atoms with Gasteiger partial charge in [-0.3, -0.25) is 0 Å². The monoisotopic (exact) mass is 188 g/mol. The van der Waals surface area contributed by atoms with Gasteiger partial charge in [-0.05, 0) is 12.1 Å². The number of aliphatic hydroxyl groups is 1. The SMILES string of the molecule is OCCC[n+]1cccc2ccccc21. The molecule has 2 rings (SSSR count). The van der Waals surface area contributed by atoms with Crippen molar-refractivity contribution in [3.63, 3.8) is 0 Å². The standard InChI is InChI=1S/C12H14NO/c14-10-4-9-13-8-3-6-11-5-1-2-7-12(11)13/h1-3,5-8,14H,4,9-10H2/q+1. The predicted octanol–water partition coefficient (Wildman–Crippen LogP) is 1.51. The quantitative estimate of drug-likeness (QED) is 0.725. The average molecular weight is 188 g/mol. The van der Waals surface area contributed by atoms with Crippen LogP contribution < -0.4 is 4.57 Å². The number of fused-ring (bicyclic) bond motifs is 1. The van der Waals surface area contributed by atoms with Crippen molar-refractivity contribution >= 4 is 10.9 Å². The van der Waals surface area contributed by atoms with E-state index in [0.717, 1.165) is 13.0 Å². The molecule has 0 amide bonds. The molecule has 2 nitrogen and oxygen atoms in total. The Bertz CT molecular complexity index is 420. The first kappa shape index (κ1) is 9.16. The lowest BCUT2D eigenvalue weighted by molar-refractivity contribution is -0.672. The summed E-state index contributed by atoms with van der Waals surface area (Å²) in [6.45, 7) is 1.12. The number of para-hydroxylation sites is 1. The van der Waals surface area contributed by atoms with Crippen LogP contribution in [0.5, 0.6) is 0 Å². The van der Waals surface area contributed by atoms with Crippen LogP contribution in [0, 0.1) is 0 Å². The zero-order valence-corrected chi connectivity index (χ0v) is 8.06. The molecule has 1 N–H and O–H groups in total. The van der Waals surface area contributed by atoms with Crippen molar-refractivity contribution in [2.75, 3.05) is 6.61 Å². The van der Waals surface area contributed by atoms with Crippen molar-refractivity contribution in [2.24, 2.45) is 0 Å². The van der Waals surface area contributed by atoms with Crippen molar-refractivity contribution in [1.29, 1.82) is 0 Å². The van der Waals surface area contributed by atoms with E-state index >= 15 is 0 Å². The van der Waals surface area contributed by atoms with Gasteiger partial charge in [0.1, 0.15) is 0 Å². The third-order valence-corrected chi connectivity index (χ3v) is 2.35. The number of rotatable bonds is 3. The summed E-state index contributed by atoms with van der Waals surface area (Å²) in [5, 5.41) is 10.0. The van der Waals surface area contributed by atoms with Gasteiger partial charge in [0.05, 0.1) is 0 Å². The molecule has 0 fully saturated rings. The van der Waals surface area contributed by atoms with Crippen LogP contribution in [0.4, 0.5) is 0 Å². The molecule has 0 aliphatic carbocycles. The van der Waals surface area contributed by atoms with E-state index in [4.69, 9.17) is 5.11 Å². The molecule has 0 unspecified atom stereocenters. The second-order valence-corrected chi connectivity index (χ2v) is 3.34. The first-order valence-corrected chi connectivity index (χ1v) is 4.90. The first-order chi connectivity index (χ1) is 6.92. The van der Waals surface area contributed by atoms with E-state index in [9.17, 15) is 0 Å². The second-order valence-electron chi connectivity index (χ2n) is 3.34. The molecule has 72 valence electrons. The molecule has 0 radical (unpaired) electrons. The number of aliphatic hydroxyl groups excluding tert-OH is 1. The third-order valence-electron chi connectivity index (χ3n) is 2.35. The van der Waals surface area contributed by atoms with Gasteiger partial charge in [0.15, 0.2) is 12.7 Å². The summed E-state index contributed by atoms with van der Waals surface area (Å²) >= 11 is 0. The fourth-order valence-corrected chi connectivity index (χ4v) is 1.66. The Hall–Kier alpha value is -1.41. The maximum absolute atomic E-state index is 8.79. The van der Waals surface area contributed by atoms with Crippen molar-refractivity contribution in [3.05, 3.63) is 42.6 Å². The summed E-state index contributed by atoms with van der Waals surface area (Å²) in [5.74, 6) is 0. The van der Waals surface area contributed by atoms with E-state index in [-0.39, 0.29) is 6.61 Å². The number of aromatic nitrogens is 1. The summed E-state index contributed by atoms with van der Waals surface area (Å²) < 4.78 is 2.17. The number of pyridine rings is 1. The maximum atomic E-state index is 8.79. The zero-order valence-electron chi connectivity index (χ0n) is 8.06. The third kappa shape index (κ3) is 1.75. The lowest BCUT2D eigenvalue weighted by Crippen LogP contribution is -2.34. The number of nitrogens with zero attached hydrogens (tertiary/aromatic N) is 1. The van der Waals surface area contributed by atoms with Crippen LogP contribution in [-0.4, -0.2) is 11.7 Å². The number of benzene rings is 1. The van der Waals surface area contributed by atoms with Crippen LogP contribution in [-0.2, 0) is 6.54 Å². The molecule has 0 aliphatic heterocycles. The Labute approximate surface area is 83.4 Å². The number of hydrogen-bond donors (Lipinski definition) is 1. The Morgan fingerprint density at radius 3 is 2.71 bits per heavy atom. The highest BCUT2D eigenvalue weighted by Gasteiger charge is 2.05. The Kier molecular flexibility index (Phi) is 2.75. The molecule has 2 aromatic rings. The topological polar surface area (TPSA) is 24.1 Å². The van der Waals surface area contributed by atoms with Gasteiger partial charge in [-0.1, -0.05) is 12.1 Å². The molecule has 0 bridgehead atoms. The summed E-state index contributed by atoms with van der Waals surface area (Å²) in [6.07, 6.45) is 2.86. The normalized spacial score (nSPS) is 10.6. The fourth-order valence-electron chi connectivity index (χ4n) is 1.66. The predicted molar refractivity (Wildman–Crippen MR) is 55.8 cm³/mol. The average Bonchev–Trinajstić information content (AvgIpc) is 2.26. The van der Waals surface area contributed by atoms with Crippen LogP contribution in [0.1, 0.15) is 6.42 Å². The molecule has 0 saturated heterocycles. The van der Waals surface area contributed by atoms with Gasteiger partial charge in [0.2, 0.25) is 5.52 Å². The molecule has 0 saturated carbocycles. The minimum absolute atomic E-state index is 0.246. The molecule has 1 aromatic carbocycles. The first-order valence-electron chi connectivity index (χ1n) is 4.90. The molecule has 0 atom stereocenters. The largest absolute Gasteiger partial charge is 0.396 e. The minimum Gasteiger partial charge on any atom is -0.396 e. The molecule has 1 aromatic heterocycles. The van der Waals surface area contributed by atoms with E-state index in [1.54, 1.807) is 0 Å². The van der Waals surface area contributed by atoms with E-state index < -0.39 is 0 Å². The highest BCUT2D eigenvalue weighted by molar-refractivity contribution is 5.74. The van der Waals surface area contributed by atoms with E-state index in [1.807, 2.05) is 18.2 Å². The lowest BCUT2D eigenvalue weighted by Gasteiger charge is -1.99. The van der Waals surface area contributed by atoms with E-state index in [0.29, 0.717) is 0 Å². The van der Waals surface area contributed by atoms with Gasteiger partial charge < -0.3 is 5.11 Å². The Balaban J connectivity index is 2.43. The molecular weight excluding hydrogens is 174 g/mol. The minimum atomic E-state index is 0.246. The van der Waals surface area contributed by atoms with Crippen molar-refractivity contribution in [2.45, 2.75) is 13.0 Å². The van der Waals surface area contributed by atoms with Crippen LogP contribution in [0.2, 0.25) is 0 Å². The van der Waals surface area contributed by atoms with Gasteiger partial charge >= 0.3 is 0 Å². The Morgan fingerprint density at radius 2 is 1.86 bits per heavy atom. The van der Waals surface area contributed by atoms with Gasteiger partial charge in [-0.15, -0.1) is 0 Å². The van der Waals surface area contributed by atoms with Crippen LogP contribution in [0.25, 0.3) is 10.9 Å². The molecule has 14 heavy (non-hydrogen) atoms. The lowest BCUT2D eigenvalue weighted by atomic mass is 10.2. The van der Waals surface area contributed by atoms with Crippen molar-refractivity contribution < 1.29 is 9.67 Å². The van der Waals surface area contributed by atoms with Gasteiger partial charge in [0, 0.05) is 30.5 Å². The molecule has 1 heterocycles. The molecule has 0 aliphatic rings. The van der Waals surface area contributed by atoms with Crippen LogP contribution in [0.3, 0.4) is 0 Å². The molecular formula is C12H14NO+. The maximum Gasteiger partial charge on any atom is 0.212 e. The van der Waals surface area contributed by atoms with Crippen molar-refractivity contribution in [1.82, 2.24) is 0 Å². The number of hydrogen-bond acceptors (Lipinski definition) is 1. The summed E-state index contributed by atoms with van der Waals surface area (Å²) in [6, 6.07) is 12.4. The summed E-state index contributed by atoms with van der Waals surface area (Å²) in [4.78, 5) is 0. The molecule has 2 heteroatoms. The highest BCUT2D eigenvalue weighted by atomic mass is 16.3. The fraction of sp³-hybridized carbons (Fsp3) is 0.250. The summed E-state index contributed by atoms with van der Waals surface area (Å²) in [5.41, 5.74) is 1.23. The zero-order chi connectivity index (χ0) is 9.80.